The molecule has 0 saturated carbocycles. The molecule has 2 aromatic carbocycles. The van der Waals surface area contributed by atoms with Gasteiger partial charge in [0.1, 0.15) is 11.6 Å². The van der Waals surface area contributed by atoms with Crippen molar-refractivity contribution in [3.8, 4) is 11.1 Å². The van der Waals surface area contributed by atoms with E-state index in [1.165, 1.54) is 18.3 Å². The first-order chi connectivity index (χ1) is 13.4. The Morgan fingerprint density at radius 1 is 1.04 bits per heavy atom. The standard InChI is InChI=1S/C22H17F3N2O/c1-14(27-22(28)10-6-17-12-19(23)7-8-20(17)24)15-3-2-4-16(11-15)18-5-9-21(25)26-13-18/h2-14H,1H3,(H,27,28)/b10-6+. The van der Waals surface area contributed by atoms with E-state index < -0.39 is 23.5 Å². The molecule has 1 amide bonds. The first kappa shape index (κ1) is 19.4. The molecule has 1 aromatic heterocycles. The van der Waals surface area contributed by atoms with E-state index in [0.29, 0.717) is 0 Å². The van der Waals surface area contributed by atoms with Crippen molar-refractivity contribution in [2.75, 3.05) is 0 Å². The monoisotopic (exact) mass is 382 g/mol. The Hall–Kier alpha value is -3.41. The number of carbonyl (C=O) groups excluding carboxylic acids is 1. The molecule has 3 aromatic rings. The van der Waals surface area contributed by atoms with Gasteiger partial charge in [-0.05, 0) is 60.5 Å². The molecule has 28 heavy (non-hydrogen) atoms. The summed E-state index contributed by atoms with van der Waals surface area (Å²) in [5, 5.41) is 2.77. The summed E-state index contributed by atoms with van der Waals surface area (Å²) in [6, 6.07) is 13.0. The molecule has 0 aliphatic rings. The SMILES string of the molecule is CC(NC(=O)/C=C/c1cc(F)ccc1F)c1cccc(-c2ccc(F)nc2)c1. The van der Waals surface area contributed by atoms with E-state index in [1.54, 1.807) is 13.0 Å². The number of aromatic nitrogens is 1. The van der Waals surface area contributed by atoms with Gasteiger partial charge < -0.3 is 5.32 Å². The van der Waals surface area contributed by atoms with Crippen molar-refractivity contribution in [3.05, 3.63) is 95.6 Å². The number of amides is 1. The molecule has 1 unspecified atom stereocenters. The van der Waals surface area contributed by atoms with Crippen LogP contribution in [0.15, 0.2) is 66.9 Å². The van der Waals surface area contributed by atoms with Gasteiger partial charge in [-0.2, -0.15) is 4.39 Å². The summed E-state index contributed by atoms with van der Waals surface area (Å²) in [7, 11) is 0. The van der Waals surface area contributed by atoms with E-state index in [9.17, 15) is 18.0 Å². The minimum atomic E-state index is -0.612. The summed E-state index contributed by atoms with van der Waals surface area (Å²) in [5.74, 6) is -2.19. The van der Waals surface area contributed by atoms with Crippen LogP contribution in [0.25, 0.3) is 17.2 Å². The highest BCUT2D eigenvalue weighted by Crippen LogP contribution is 2.23. The summed E-state index contributed by atoms with van der Waals surface area (Å²) >= 11 is 0. The lowest BCUT2D eigenvalue weighted by Crippen LogP contribution is -2.24. The maximum atomic E-state index is 13.6. The van der Waals surface area contributed by atoms with Crippen molar-refractivity contribution in [2.24, 2.45) is 0 Å². The number of halogens is 3. The fourth-order valence-corrected chi connectivity index (χ4v) is 2.69. The zero-order chi connectivity index (χ0) is 20.1. The highest BCUT2D eigenvalue weighted by atomic mass is 19.1. The van der Waals surface area contributed by atoms with Gasteiger partial charge in [-0.25, -0.2) is 13.8 Å². The highest BCUT2D eigenvalue weighted by Gasteiger charge is 2.10. The Morgan fingerprint density at radius 2 is 1.86 bits per heavy atom. The van der Waals surface area contributed by atoms with Crippen LogP contribution in [0.5, 0.6) is 0 Å². The van der Waals surface area contributed by atoms with Gasteiger partial charge in [0, 0.05) is 23.4 Å². The van der Waals surface area contributed by atoms with Crippen LogP contribution in [0.4, 0.5) is 13.2 Å². The molecule has 1 heterocycles. The number of hydrogen-bond donors (Lipinski definition) is 1. The van der Waals surface area contributed by atoms with Crippen LogP contribution in [-0.4, -0.2) is 10.9 Å². The lowest BCUT2D eigenvalue weighted by Gasteiger charge is -2.14. The Kier molecular flexibility index (Phi) is 5.89. The minimum Gasteiger partial charge on any atom is -0.346 e. The van der Waals surface area contributed by atoms with Crippen molar-refractivity contribution in [1.82, 2.24) is 10.3 Å². The number of rotatable bonds is 5. The van der Waals surface area contributed by atoms with Crippen LogP contribution in [0, 0.1) is 17.6 Å². The quantitative estimate of drug-likeness (QED) is 0.495. The summed E-state index contributed by atoms with van der Waals surface area (Å²) in [6.07, 6.45) is 3.82. The zero-order valence-corrected chi connectivity index (χ0v) is 15.0. The van der Waals surface area contributed by atoms with Crippen molar-refractivity contribution in [3.63, 3.8) is 0 Å². The van der Waals surface area contributed by atoms with E-state index >= 15 is 0 Å². The molecule has 0 bridgehead atoms. The second-order valence-electron chi connectivity index (χ2n) is 6.22. The van der Waals surface area contributed by atoms with Gasteiger partial charge in [0.15, 0.2) is 0 Å². The molecule has 1 N–H and O–H groups in total. The molecule has 0 aliphatic heterocycles. The largest absolute Gasteiger partial charge is 0.346 e. The molecule has 3 rings (SSSR count). The second kappa shape index (κ2) is 8.52. The molecule has 0 aliphatic carbocycles. The minimum absolute atomic E-state index is 0.00592. The predicted molar refractivity (Wildman–Crippen MR) is 102 cm³/mol. The maximum absolute atomic E-state index is 13.6. The molecule has 0 saturated heterocycles. The Balaban J connectivity index is 1.70. The average Bonchev–Trinajstić information content (AvgIpc) is 2.69. The van der Waals surface area contributed by atoms with Crippen molar-refractivity contribution in [2.45, 2.75) is 13.0 Å². The van der Waals surface area contributed by atoms with E-state index in [4.69, 9.17) is 0 Å². The first-order valence-corrected chi connectivity index (χ1v) is 8.58. The second-order valence-corrected chi connectivity index (χ2v) is 6.22. The van der Waals surface area contributed by atoms with Crippen LogP contribution < -0.4 is 5.32 Å². The Labute approximate surface area is 160 Å². The molecule has 0 radical (unpaired) electrons. The lowest BCUT2D eigenvalue weighted by molar-refractivity contribution is -0.117. The number of pyridine rings is 1. The number of nitrogens with zero attached hydrogens (tertiary/aromatic N) is 1. The summed E-state index contributed by atoms with van der Waals surface area (Å²) < 4.78 is 39.8. The smallest absolute Gasteiger partial charge is 0.244 e. The molecule has 3 nitrogen and oxygen atoms in total. The number of benzene rings is 2. The Morgan fingerprint density at radius 3 is 2.61 bits per heavy atom. The van der Waals surface area contributed by atoms with Crippen LogP contribution in [0.2, 0.25) is 0 Å². The number of nitrogens with one attached hydrogen (secondary N) is 1. The van der Waals surface area contributed by atoms with Crippen LogP contribution in [-0.2, 0) is 4.79 Å². The zero-order valence-electron chi connectivity index (χ0n) is 15.0. The fraction of sp³-hybridized carbons (Fsp3) is 0.0909. The first-order valence-electron chi connectivity index (χ1n) is 8.58. The van der Waals surface area contributed by atoms with Gasteiger partial charge in [-0.1, -0.05) is 18.2 Å². The predicted octanol–water partition coefficient (Wildman–Crippen LogP) is 5.06. The van der Waals surface area contributed by atoms with Gasteiger partial charge in [-0.3, -0.25) is 4.79 Å². The molecule has 0 spiro atoms. The van der Waals surface area contributed by atoms with Gasteiger partial charge >= 0.3 is 0 Å². The van der Waals surface area contributed by atoms with E-state index in [2.05, 4.69) is 10.3 Å². The molecular formula is C22H17F3N2O. The molecule has 0 fully saturated rings. The van der Waals surface area contributed by atoms with Gasteiger partial charge in [-0.15, -0.1) is 0 Å². The third-order valence-corrected chi connectivity index (χ3v) is 4.18. The average molecular weight is 382 g/mol. The fourth-order valence-electron chi connectivity index (χ4n) is 2.69. The Bertz CT molecular complexity index is 1020. The highest BCUT2D eigenvalue weighted by molar-refractivity contribution is 5.92. The van der Waals surface area contributed by atoms with E-state index in [1.807, 2.05) is 24.3 Å². The topological polar surface area (TPSA) is 42.0 Å². The summed E-state index contributed by atoms with van der Waals surface area (Å²) in [5.41, 5.74) is 2.42. The third-order valence-electron chi connectivity index (χ3n) is 4.18. The van der Waals surface area contributed by atoms with E-state index in [0.717, 1.165) is 41.0 Å². The summed E-state index contributed by atoms with van der Waals surface area (Å²) in [6.45, 7) is 1.80. The molecule has 142 valence electrons. The van der Waals surface area contributed by atoms with Gasteiger partial charge in [0.25, 0.3) is 0 Å². The summed E-state index contributed by atoms with van der Waals surface area (Å²) in [4.78, 5) is 15.8. The van der Waals surface area contributed by atoms with Crippen molar-refractivity contribution >= 4 is 12.0 Å². The molecule has 6 heteroatoms. The van der Waals surface area contributed by atoms with Crippen LogP contribution in [0.3, 0.4) is 0 Å². The molecular weight excluding hydrogens is 365 g/mol. The van der Waals surface area contributed by atoms with E-state index in [-0.39, 0.29) is 11.6 Å². The van der Waals surface area contributed by atoms with Gasteiger partial charge in [0.05, 0.1) is 6.04 Å². The van der Waals surface area contributed by atoms with Crippen LogP contribution in [0.1, 0.15) is 24.1 Å². The van der Waals surface area contributed by atoms with Crippen molar-refractivity contribution in [1.29, 1.82) is 0 Å². The van der Waals surface area contributed by atoms with Crippen molar-refractivity contribution < 1.29 is 18.0 Å². The molecule has 1 atom stereocenters. The normalized spacial score (nSPS) is 12.1. The lowest BCUT2D eigenvalue weighted by atomic mass is 10.0. The maximum Gasteiger partial charge on any atom is 0.244 e. The van der Waals surface area contributed by atoms with Gasteiger partial charge in [0.2, 0.25) is 11.9 Å². The number of hydrogen-bond acceptors (Lipinski definition) is 2. The third kappa shape index (κ3) is 4.85. The van der Waals surface area contributed by atoms with Crippen LogP contribution >= 0.6 is 0 Å². The number of carbonyl (C=O) groups is 1.